The third-order valence-electron chi connectivity index (χ3n) is 2.90. The number of ether oxygens (including phenoxy) is 1. The van der Waals surface area contributed by atoms with Gasteiger partial charge in [-0.25, -0.2) is 0 Å². The predicted octanol–water partition coefficient (Wildman–Crippen LogP) is 2.52. The molecule has 0 fully saturated rings. The molecule has 90 valence electrons. The lowest BCUT2D eigenvalue weighted by Crippen LogP contribution is -2.43. The molecule has 0 aliphatic carbocycles. The van der Waals surface area contributed by atoms with Crippen LogP contribution in [0, 0.1) is 20.8 Å². The maximum absolute atomic E-state index is 6.21. The summed E-state index contributed by atoms with van der Waals surface area (Å²) in [6, 6.07) is 4.43. The van der Waals surface area contributed by atoms with Gasteiger partial charge in [0, 0.05) is 12.6 Å². The summed E-state index contributed by atoms with van der Waals surface area (Å²) in [6.07, 6.45) is 0.860. The lowest BCUT2D eigenvalue weighted by Gasteiger charge is -2.25. The molecule has 2 heteroatoms. The summed E-state index contributed by atoms with van der Waals surface area (Å²) >= 11 is 0. The van der Waals surface area contributed by atoms with Gasteiger partial charge in [0.25, 0.3) is 0 Å². The first-order valence-electron chi connectivity index (χ1n) is 5.70. The van der Waals surface area contributed by atoms with E-state index in [1.165, 1.54) is 22.3 Å². The van der Waals surface area contributed by atoms with Crippen LogP contribution >= 0.6 is 0 Å². The highest BCUT2D eigenvalue weighted by Gasteiger charge is 2.20. The van der Waals surface area contributed by atoms with Crippen molar-refractivity contribution in [3.05, 3.63) is 34.4 Å². The average Bonchev–Trinajstić information content (AvgIpc) is 2.11. The van der Waals surface area contributed by atoms with E-state index in [4.69, 9.17) is 10.5 Å². The Morgan fingerprint density at radius 3 is 2.12 bits per heavy atom. The number of nitrogens with two attached hydrogens (primary N) is 1. The minimum atomic E-state index is -0.292. The molecule has 0 spiro atoms. The largest absolute Gasteiger partial charge is 0.383 e. The SMILES string of the molecule is COCC(C)(N)Cc1c(C)cc(C)cc1C. The van der Waals surface area contributed by atoms with Crippen LogP contribution in [-0.4, -0.2) is 19.3 Å². The van der Waals surface area contributed by atoms with E-state index >= 15 is 0 Å². The fraction of sp³-hybridized carbons (Fsp3) is 0.571. The van der Waals surface area contributed by atoms with E-state index in [0.717, 1.165) is 6.42 Å². The number of methoxy groups -OCH3 is 1. The van der Waals surface area contributed by atoms with Crippen molar-refractivity contribution in [3.63, 3.8) is 0 Å². The van der Waals surface area contributed by atoms with E-state index in [1.807, 2.05) is 6.92 Å². The van der Waals surface area contributed by atoms with Gasteiger partial charge in [-0.3, -0.25) is 0 Å². The molecular weight excluding hydrogens is 198 g/mol. The molecule has 2 N–H and O–H groups in total. The van der Waals surface area contributed by atoms with Gasteiger partial charge in [0.1, 0.15) is 0 Å². The lowest BCUT2D eigenvalue weighted by molar-refractivity contribution is 0.140. The van der Waals surface area contributed by atoms with Gasteiger partial charge in [0.2, 0.25) is 0 Å². The number of aryl methyl sites for hydroxylation is 3. The summed E-state index contributed by atoms with van der Waals surface area (Å²) in [5.74, 6) is 0. The van der Waals surface area contributed by atoms with Crippen LogP contribution in [0.3, 0.4) is 0 Å². The van der Waals surface area contributed by atoms with E-state index in [2.05, 4.69) is 32.9 Å². The van der Waals surface area contributed by atoms with E-state index in [0.29, 0.717) is 6.61 Å². The Kier molecular flexibility index (Phi) is 4.11. The zero-order valence-corrected chi connectivity index (χ0v) is 11.1. The maximum Gasteiger partial charge on any atom is 0.0642 e. The molecular formula is C14H23NO. The highest BCUT2D eigenvalue weighted by molar-refractivity contribution is 5.38. The summed E-state index contributed by atoms with van der Waals surface area (Å²) in [4.78, 5) is 0. The standard InChI is InChI=1S/C14H23NO/c1-10-6-11(2)13(12(3)7-10)8-14(4,15)9-16-5/h6-7H,8-9,15H2,1-5H3. The van der Waals surface area contributed by atoms with Crippen molar-refractivity contribution in [2.75, 3.05) is 13.7 Å². The average molecular weight is 221 g/mol. The van der Waals surface area contributed by atoms with Crippen LogP contribution in [-0.2, 0) is 11.2 Å². The molecule has 0 aliphatic heterocycles. The first-order valence-corrected chi connectivity index (χ1v) is 5.70. The third kappa shape index (κ3) is 3.32. The summed E-state index contributed by atoms with van der Waals surface area (Å²) in [5.41, 5.74) is 11.2. The molecule has 1 aromatic rings. The Labute approximate surface area is 98.8 Å². The van der Waals surface area contributed by atoms with Crippen molar-refractivity contribution < 1.29 is 4.74 Å². The second kappa shape index (κ2) is 4.98. The molecule has 0 amide bonds. The Bertz CT molecular complexity index is 346. The zero-order chi connectivity index (χ0) is 12.3. The van der Waals surface area contributed by atoms with Gasteiger partial charge >= 0.3 is 0 Å². The quantitative estimate of drug-likeness (QED) is 0.848. The van der Waals surface area contributed by atoms with Crippen LogP contribution in [0.15, 0.2) is 12.1 Å². The van der Waals surface area contributed by atoms with Crippen molar-refractivity contribution in [1.82, 2.24) is 0 Å². The molecule has 0 aliphatic rings. The smallest absolute Gasteiger partial charge is 0.0642 e. The van der Waals surface area contributed by atoms with Gasteiger partial charge < -0.3 is 10.5 Å². The zero-order valence-electron chi connectivity index (χ0n) is 11.1. The van der Waals surface area contributed by atoms with Crippen LogP contribution in [0.1, 0.15) is 29.2 Å². The summed E-state index contributed by atoms with van der Waals surface area (Å²) in [7, 11) is 1.69. The van der Waals surface area contributed by atoms with Gasteiger partial charge in [0.05, 0.1) is 6.61 Å². The van der Waals surface area contributed by atoms with Crippen LogP contribution in [0.5, 0.6) is 0 Å². The molecule has 0 heterocycles. The Balaban J connectivity index is 2.97. The van der Waals surface area contributed by atoms with Crippen molar-refractivity contribution in [2.45, 2.75) is 39.7 Å². The molecule has 1 atom stereocenters. The minimum Gasteiger partial charge on any atom is -0.383 e. The molecule has 0 saturated carbocycles. The molecule has 0 saturated heterocycles. The van der Waals surface area contributed by atoms with Crippen molar-refractivity contribution >= 4 is 0 Å². The fourth-order valence-corrected chi connectivity index (χ4v) is 2.27. The maximum atomic E-state index is 6.21. The van der Waals surface area contributed by atoms with E-state index in [9.17, 15) is 0 Å². The van der Waals surface area contributed by atoms with E-state index in [-0.39, 0.29) is 5.54 Å². The van der Waals surface area contributed by atoms with Gasteiger partial charge in [0.15, 0.2) is 0 Å². The molecule has 2 nitrogen and oxygen atoms in total. The van der Waals surface area contributed by atoms with Crippen molar-refractivity contribution in [1.29, 1.82) is 0 Å². The summed E-state index contributed by atoms with van der Waals surface area (Å²) in [6.45, 7) is 9.05. The minimum absolute atomic E-state index is 0.292. The van der Waals surface area contributed by atoms with Crippen molar-refractivity contribution in [2.24, 2.45) is 5.73 Å². The van der Waals surface area contributed by atoms with Crippen LogP contribution in [0.4, 0.5) is 0 Å². The Morgan fingerprint density at radius 2 is 1.69 bits per heavy atom. The van der Waals surface area contributed by atoms with Crippen LogP contribution in [0.2, 0.25) is 0 Å². The highest BCUT2D eigenvalue weighted by atomic mass is 16.5. The Morgan fingerprint density at radius 1 is 1.19 bits per heavy atom. The van der Waals surface area contributed by atoms with Crippen LogP contribution < -0.4 is 5.73 Å². The number of hydrogen-bond acceptors (Lipinski definition) is 2. The number of rotatable bonds is 4. The lowest BCUT2D eigenvalue weighted by atomic mass is 9.88. The third-order valence-corrected chi connectivity index (χ3v) is 2.90. The monoisotopic (exact) mass is 221 g/mol. The molecule has 0 aromatic heterocycles. The van der Waals surface area contributed by atoms with Crippen LogP contribution in [0.25, 0.3) is 0 Å². The van der Waals surface area contributed by atoms with Gasteiger partial charge in [-0.05, 0) is 50.8 Å². The fourth-order valence-electron chi connectivity index (χ4n) is 2.27. The second-order valence-electron chi connectivity index (χ2n) is 5.14. The van der Waals surface area contributed by atoms with E-state index in [1.54, 1.807) is 7.11 Å². The summed E-state index contributed by atoms with van der Waals surface area (Å²) in [5, 5.41) is 0. The summed E-state index contributed by atoms with van der Waals surface area (Å²) < 4.78 is 5.16. The van der Waals surface area contributed by atoms with Gasteiger partial charge in [-0.15, -0.1) is 0 Å². The molecule has 16 heavy (non-hydrogen) atoms. The second-order valence-corrected chi connectivity index (χ2v) is 5.14. The first-order chi connectivity index (χ1) is 7.35. The predicted molar refractivity (Wildman–Crippen MR) is 68.8 cm³/mol. The first kappa shape index (κ1) is 13.2. The molecule has 0 bridgehead atoms. The van der Waals surface area contributed by atoms with Gasteiger partial charge in [-0.1, -0.05) is 17.7 Å². The molecule has 1 unspecified atom stereocenters. The molecule has 1 rings (SSSR count). The number of hydrogen-bond donors (Lipinski definition) is 1. The normalized spacial score (nSPS) is 14.9. The van der Waals surface area contributed by atoms with Crippen molar-refractivity contribution in [3.8, 4) is 0 Å². The van der Waals surface area contributed by atoms with E-state index < -0.39 is 0 Å². The Hall–Kier alpha value is -0.860. The topological polar surface area (TPSA) is 35.2 Å². The molecule has 1 aromatic carbocycles. The molecule has 0 radical (unpaired) electrons. The highest BCUT2D eigenvalue weighted by Crippen LogP contribution is 2.21. The van der Waals surface area contributed by atoms with Gasteiger partial charge in [-0.2, -0.15) is 0 Å². The number of benzene rings is 1.